The maximum Gasteiger partial charge on any atom is 0.334 e. The average Bonchev–Trinajstić information content (AvgIpc) is 2.81. The third-order valence-electron chi connectivity index (χ3n) is 6.59. The Morgan fingerprint density at radius 1 is 0.606 bits per heavy atom. The normalized spacial score (nSPS) is 13.0. The molecule has 2 N–H and O–H groups in total. The van der Waals surface area contributed by atoms with Crippen LogP contribution in [0.2, 0.25) is 0 Å². The first kappa shape index (κ1) is 31.8. The van der Waals surface area contributed by atoms with E-state index in [0.717, 1.165) is 32.1 Å². The Kier molecular flexibility index (Phi) is 20.5. The Balaban J connectivity index is 4.18. The molecule has 1 atom stereocenters. The molecule has 0 amide bonds. The van der Waals surface area contributed by atoms with Gasteiger partial charge in [0.15, 0.2) is 11.3 Å². The zero-order chi connectivity index (χ0) is 24.8. The molecule has 0 aromatic heterocycles. The lowest BCUT2D eigenvalue weighted by Crippen LogP contribution is -2.56. The number of ether oxygens (including phenoxy) is 1. The second kappa shape index (κ2) is 21.3. The highest BCUT2D eigenvalue weighted by Crippen LogP contribution is 2.19. The van der Waals surface area contributed by atoms with Crippen molar-refractivity contribution in [1.29, 1.82) is 0 Å². The summed E-state index contributed by atoms with van der Waals surface area (Å²) in [6.07, 6.45) is 21.2. The maximum atomic E-state index is 12.8. The van der Waals surface area contributed by atoms with Crippen LogP contribution in [0, 0.1) is 0 Å². The second-order valence-corrected chi connectivity index (χ2v) is 9.76. The molecule has 0 aliphatic heterocycles. The number of nitrogens with two attached hydrogens (primary N) is 1. The van der Waals surface area contributed by atoms with Gasteiger partial charge in [0.1, 0.15) is 5.78 Å². The molecule has 0 aliphatic carbocycles. The van der Waals surface area contributed by atoms with Crippen molar-refractivity contribution in [3.8, 4) is 0 Å². The molecule has 0 aromatic carbocycles. The van der Waals surface area contributed by atoms with Gasteiger partial charge in [0.05, 0.1) is 7.11 Å². The highest BCUT2D eigenvalue weighted by atomic mass is 16.5. The summed E-state index contributed by atoms with van der Waals surface area (Å²) < 4.78 is 4.79. The molecule has 0 saturated heterocycles. The van der Waals surface area contributed by atoms with Gasteiger partial charge in [0.25, 0.3) is 0 Å². The van der Waals surface area contributed by atoms with E-state index in [-0.39, 0.29) is 24.4 Å². The first-order chi connectivity index (χ1) is 15.9. The van der Waals surface area contributed by atoms with Crippen LogP contribution >= 0.6 is 0 Å². The minimum Gasteiger partial charge on any atom is -0.467 e. The van der Waals surface area contributed by atoms with Gasteiger partial charge in [-0.05, 0) is 12.8 Å². The Bertz CT molecular complexity index is 520. The van der Waals surface area contributed by atoms with E-state index in [2.05, 4.69) is 13.8 Å². The number of unbranched alkanes of at least 4 members (excludes halogenated alkanes) is 16. The highest BCUT2D eigenvalue weighted by molar-refractivity contribution is 6.11. The van der Waals surface area contributed by atoms with E-state index in [9.17, 15) is 14.4 Å². The fourth-order valence-corrected chi connectivity index (χ4v) is 4.32. The van der Waals surface area contributed by atoms with Crippen LogP contribution in [0.15, 0.2) is 0 Å². The lowest BCUT2D eigenvalue weighted by Gasteiger charge is -2.24. The number of carbonyl (C=O) groups is 3. The molecule has 0 radical (unpaired) electrons. The fourth-order valence-electron chi connectivity index (χ4n) is 4.32. The topological polar surface area (TPSA) is 86.5 Å². The molecule has 194 valence electrons. The van der Waals surface area contributed by atoms with Crippen LogP contribution < -0.4 is 5.73 Å². The summed E-state index contributed by atoms with van der Waals surface area (Å²) in [5.41, 5.74) is 4.34. The summed E-state index contributed by atoms with van der Waals surface area (Å²) in [7, 11) is 1.22. The quantitative estimate of drug-likeness (QED) is 0.0919. The van der Waals surface area contributed by atoms with Gasteiger partial charge in [-0.25, -0.2) is 4.79 Å². The van der Waals surface area contributed by atoms with E-state index in [1.807, 2.05) is 0 Å². The van der Waals surface area contributed by atoms with Crippen molar-refractivity contribution in [2.24, 2.45) is 5.73 Å². The highest BCUT2D eigenvalue weighted by Gasteiger charge is 2.43. The van der Waals surface area contributed by atoms with Crippen molar-refractivity contribution in [2.45, 2.75) is 154 Å². The Hall–Kier alpha value is -1.23. The van der Waals surface area contributed by atoms with Gasteiger partial charge in [-0.15, -0.1) is 0 Å². The van der Waals surface area contributed by atoms with E-state index in [0.29, 0.717) is 12.8 Å². The fraction of sp³-hybridized carbons (Fsp3) is 0.893. The van der Waals surface area contributed by atoms with Crippen LogP contribution in [0.25, 0.3) is 0 Å². The SMILES string of the molecule is CCCCCCCCCCCC(=O)CC(N)(C(=O)CCCCCCCCCCC)C(=O)OC. The first-order valence-corrected chi connectivity index (χ1v) is 13.8. The van der Waals surface area contributed by atoms with Crippen LogP contribution in [0.1, 0.15) is 149 Å². The minimum absolute atomic E-state index is 0.119. The number of hydrogen-bond donors (Lipinski definition) is 1. The van der Waals surface area contributed by atoms with Gasteiger partial charge >= 0.3 is 5.97 Å². The number of rotatable bonds is 24. The zero-order valence-corrected chi connectivity index (χ0v) is 22.1. The molecule has 5 nitrogen and oxygen atoms in total. The maximum absolute atomic E-state index is 12.8. The van der Waals surface area contributed by atoms with Gasteiger partial charge in [0, 0.05) is 19.3 Å². The van der Waals surface area contributed by atoms with Crippen LogP contribution in [-0.2, 0) is 19.1 Å². The number of ketones is 2. The number of carbonyl (C=O) groups excluding carboxylic acids is 3. The van der Waals surface area contributed by atoms with E-state index in [4.69, 9.17) is 10.5 Å². The summed E-state index contributed by atoms with van der Waals surface area (Å²) >= 11 is 0. The van der Waals surface area contributed by atoms with Crippen molar-refractivity contribution in [2.75, 3.05) is 7.11 Å². The molecule has 0 rings (SSSR count). The Labute approximate surface area is 204 Å². The van der Waals surface area contributed by atoms with Gasteiger partial charge in [0.2, 0.25) is 0 Å². The molecular weight excluding hydrogens is 414 g/mol. The molecule has 5 heteroatoms. The monoisotopic (exact) mass is 467 g/mol. The second-order valence-electron chi connectivity index (χ2n) is 9.76. The molecular formula is C28H53NO4. The molecule has 0 spiro atoms. The number of hydrogen-bond acceptors (Lipinski definition) is 5. The van der Waals surface area contributed by atoms with Crippen molar-refractivity contribution < 1.29 is 19.1 Å². The third-order valence-corrected chi connectivity index (χ3v) is 6.59. The van der Waals surface area contributed by atoms with Crippen LogP contribution in [0.4, 0.5) is 0 Å². The third kappa shape index (κ3) is 16.1. The van der Waals surface area contributed by atoms with E-state index in [1.54, 1.807) is 0 Å². The molecule has 0 aliphatic rings. The lowest BCUT2D eigenvalue weighted by atomic mass is 9.85. The predicted octanol–water partition coefficient (Wildman–Crippen LogP) is 7.23. The van der Waals surface area contributed by atoms with E-state index < -0.39 is 11.5 Å². The molecule has 33 heavy (non-hydrogen) atoms. The first-order valence-electron chi connectivity index (χ1n) is 13.8. The number of esters is 1. The van der Waals surface area contributed by atoms with Gasteiger partial charge in [-0.3, -0.25) is 9.59 Å². The molecule has 0 bridgehead atoms. The van der Waals surface area contributed by atoms with Gasteiger partial charge < -0.3 is 10.5 Å². The standard InChI is InChI=1S/C28H53NO4/c1-4-6-8-10-12-14-16-18-20-22-25(30)24-28(29,27(32)33-3)26(31)23-21-19-17-15-13-11-9-7-5-2/h4-24,29H2,1-3H3. The summed E-state index contributed by atoms with van der Waals surface area (Å²) in [5.74, 6) is -1.27. The van der Waals surface area contributed by atoms with Crippen molar-refractivity contribution >= 4 is 17.5 Å². The molecule has 0 fully saturated rings. The molecule has 1 unspecified atom stereocenters. The summed E-state index contributed by atoms with van der Waals surface area (Å²) in [6.45, 7) is 4.44. The summed E-state index contributed by atoms with van der Waals surface area (Å²) in [6, 6.07) is 0. The largest absolute Gasteiger partial charge is 0.467 e. The minimum atomic E-state index is -1.83. The van der Waals surface area contributed by atoms with E-state index >= 15 is 0 Å². The Morgan fingerprint density at radius 2 is 0.970 bits per heavy atom. The van der Waals surface area contributed by atoms with Crippen molar-refractivity contribution in [1.82, 2.24) is 0 Å². The molecule has 0 heterocycles. The average molecular weight is 468 g/mol. The summed E-state index contributed by atoms with van der Waals surface area (Å²) in [4.78, 5) is 37.5. The number of Topliss-reactive ketones (excluding diaryl/α,β-unsaturated/α-hetero) is 2. The van der Waals surface area contributed by atoms with Gasteiger partial charge in [-0.1, -0.05) is 117 Å². The zero-order valence-electron chi connectivity index (χ0n) is 22.1. The lowest BCUT2D eigenvalue weighted by molar-refractivity contribution is -0.153. The number of methoxy groups -OCH3 is 1. The smallest absolute Gasteiger partial charge is 0.334 e. The van der Waals surface area contributed by atoms with Crippen molar-refractivity contribution in [3.05, 3.63) is 0 Å². The molecule has 0 saturated carbocycles. The predicted molar refractivity (Wildman–Crippen MR) is 137 cm³/mol. The van der Waals surface area contributed by atoms with E-state index in [1.165, 1.54) is 84.2 Å². The Morgan fingerprint density at radius 3 is 1.36 bits per heavy atom. The van der Waals surface area contributed by atoms with Crippen LogP contribution in [0.3, 0.4) is 0 Å². The van der Waals surface area contributed by atoms with Crippen LogP contribution in [-0.4, -0.2) is 30.2 Å². The van der Waals surface area contributed by atoms with Gasteiger partial charge in [-0.2, -0.15) is 0 Å². The van der Waals surface area contributed by atoms with Crippen molar-refractivity contribution in [3.63, 3.8) is 0 Å². The van der Waals surface area contributed by atoms with Crippen LogP contribution in [0.5, 0.6) is 0 Å². The summed E-state index contributed by atoms with van der Waals surface area (Å²) in [5, 5.41) is 0. The molecule has 0 aromatic rings.